The molecule has 406 valence electrons. The number of nitrogens with zero attached hydrogens (tertiary/aromatic N) is 1. The van der Waals surface area contributed by atoms with Gasteiger partial charge in [0.25, 0.3) is 0 Å². The van der Waals surface area contributed by atoms with Crippen molar-refractivity contribution in [3.05, 3.63) is 144 Å². The second-order valence-corrected chi connectivity index (χ2v) is 21.6. The average molecular weight is 1030 g/mol. The molecule has 0 aliphatic rings. The lowest BCUT2D eigenvalue weighted by atomic mass is 9.76. The summed E-state index contributed by atoms with van der Waals surface area (Å²) in [6.45, 7) is 17.8. The topological polar surface area (TPSA) is 187 Å². The molecule has 0 radical (unpaired) electrons. The Bertz CT molecular complexity index is 2380. The standard InChI is InChI=1S/C61H82N4O10/c1-13-41(3)48(39-52(67)50(37-43-27-19-15-20-28-43)65(11)58(72)75-60(8,9)10)56(70)62-49(40-74-59(5,6)7)51(66)38-44(55(69)63-54(42(4)14-2)57(71)73-12)35-36-53(68)64-61(45-29-21-16-22-30-45,46-31-23-17-24-32-46)47-33-25-18-26-34-47/h15-34,41-42,44,48-50,54H,13-14,35-40H2,1-12H3,(H,62,70)(H,63,69)(H,64,68)/t41-,42-,44-,48-,49-,50+,54+/m0/s1. The van der Waals surface area contributed by atoms with E-state index in [4.69, 9.17) is 14.2 Å². The number of hydrogen-bond donors (Lipinski definition) is 3. The second kappa shape index (κ2) is 28.3. The molecule has 75 heavy (non-hydrogen) atoms. The number of Topliss-reactive ketones (excluding diaryl/α,β-unsaturated/α-hetero) is 2. The second-order valence-electron chi connectivity index (χ2n) is 21.6. The number of ether oxygens (including phenoxy) is 3. The number of ketones is 2. The Labute approximate surface area is 445 Å². The summed E-state index contributed by atoms with van der Waals surface area (Å²) >= 11 is 0. The monoisotopic (exact) mass is 1030 g/mol. The Morgan fingerprint density at radius 1 is 0.613 bits per heavy atom. The Morgan fingerprint density at radius 3 is 1.56 bits per heavy atom. The number of benzene rings is 4. The minimum atomic E-state index is -1.29. The maximum absolute atomic E-state index is 14.9. The van der Waals surface area contributed by atoms with Gasteiger partial charge in [0, 0.05) is 44.6 Å². The third-order valence-electron chi connectivity index (χ3n) is 13.7. The Kier molecular flexibility index (Phi) is 23.0. The van der Waals surface area contributed by atoms with Gasteiger partial charge in [-0.2, -0.15) is 0 Å². The zero-order valence-electron chi connectivity index (χ0n) is 46.3. The first-order valence-electron chi connectivity index (χ1n) is 26.3. The van der Waals surface area contributed by atoms with Gasteiger partial charge in [0.2, 0.25) is 17.7 Å². The van der Waals surface area contributed by atoms with Crippen LogP contribution in [0.25, 0.3) is 0 Å². The number of hydrogen-bond acceptors (Lipinski definition) is 10. The summed E-state index contributed by atoms with van der Waals surface area (Å²) in [4.78, 5) is 101. The fraction of sp³-hybridized carbons (Fsp3) is 0.492. The number of amides is 4. The number of esters is 1. The molecular weight excluding hydrogens is 949 g/mol. The molecule has 0 unspecified atom stereocenters. The van der Waals surface area contributed by atoms with Crippen LogP contribution in [0.1, 0.15) is 130 Å². The molecule has 0 aliphatic heterocycles. The molecule has 7 atom stereocenters. The predicted molar refractivity (Wildman–Crippen MR) is 291 cm³/mol. The van der Waals surface area contributed by atoms with Crippen LogP contribution in [0.15, 0.2) is 121 Å². The minimum absolute atomic E-state index is 0.120. The molecule has 0 saturated heterocycles. The number of carbonyl (C=O) groups is 7. The molecule has 4 rings (SSSR count). The molecule has 0 saturated carbocycles. The van der Waals surface area contributed by atoms with Crippen LogP contribution in [0.2, 0.25) is 0 Å². The number of carbonyl (C=O) groups excluding carboxylic acids is 7. The molecule has 4 aromatic rings. The summed E-state index contributed by atoms with van der Waals surface area (Å²) in [7, 11) is 2.74. The normalized spacial score (nSPS) is 14.6. The molecule has 4 aromatic carbocycles. The van der Waals surface area contributed by atoms with Gasteiger partial charge in [0.1, 0.15) is 23.2 Å². The van der Waals surface area contributed by atoms with Crippen LogP contribution < -0.4 is 16.0 Å². The van der Waals surface area contributed by atoms with E-state index in [0.717, 1.165) is 22.3 Å². The number of likely N-dealkylation sites (N-methyl/N-ethyl adjacent to an activating group) is 1. The van der Waals surface area contributed by atoms with E-state index in [1.54, 1.807) is 27.7 Å². The van der Waals surface area contributed by atoms with E-state index < -0.39 is 88.7 Å². The zero-order valence-corrected chi connectivity index (χ0v) is 46.3. The highest BCUT2D eigenvalue weighted by Crippen LogP contribution is 2.37. The van der Waals surface area contributed by atoms with Crippen LogP contribution in [0.3, 0.4) is 0 Å². The highest BCUT2D eigenvalue weighted by molar-refractivity contribution is 5.96. The van der Waals surface area contributed by atoms with Gasteiger partial charge in [-0.1, -0.05) is 162 Å². The van der Waals surface area contributed by atoms with Crippen molar-refractivity contribution in [1.29, 1.82) is 0 Å². The first kappa shape index (κ1) is 60.9. The maximum Gasteiger partial charge on any atom is 0.410 e. The highest BCUT2D eigenvalue weighted by atomic mass is 16.6. The Morgan fingerprint density at radius 2 is 1.11 bits per heavy atom. The Hall–Kier alpha value is -6.67. The summed E-state index contributed by atoms with van der Waals surface area (Å²) in [6, 6.07) is 34.7. The first-order chi connectivity index (χ1) is 35.4. The average Bonchev–Trinajstić information content (AvgIpc) is 3.39. The van der Waals surface area contributed by atoms with Gasteiger partial charge in [-0.05, 0) is 82.1 Å². The predicted octanol–water partition coefficient (Wildman–Crippen LogP) is 9.55. The van der Waals surface area contributed by atoms with E-state index in [1.807, 2.05) is 163 Å². The Balaban J connectivity index is 1.71. The summed E-state index contributed by atoms with van der Waals surface area (Å²) < 4.78 is 16.9. The van der Waals surface area contributed by atoms with Crippen molar-refractivity contribution in [3.63, 3.8) is 0 Å². The van der Waals surface area contributed by atoms with Gasteiger partial charge in [0.05, 0.1) is 25.4 Å². The maximum atomic E-state index is 14.9. The molecule has 0 aromatic heterocycles. The molecule has 3 N–H and O–H groups in total. The van der Waals surface area contributed by atoms with Crippen LogP contribution in [0.4, 0.5) is 4.79 Å². The number of nitrogens with one attached hydrogen (secondary N) is 3. The van der Waals surface area contributed by atoms with Crippen molar-refractivity contribution in [3.8, 4) is 0 Å². The van der Waals surface area contributed by atoms with Gasteiger partial charge in [0.15, 0.2) is 11.6 Å². The number of rotatable bonds is 27. The highest BCUT2D eigenvalue weighted by Gasteiger charge is 2.40. The smallest absolute Gasteiger partial charge is 0.410 e. The van der Waals surface area contributed by atoms with Crippen molar-refractivity contribution in [1.82, 2.24) is 20.9 Å². The van der Waals surface area contributed by atoms with E-state index >= 15 is 0 Å². The van der Waals surface area contributed by atoms with E-state index in [-0.39, 0.29) is 49.9 Å². The molecule has 0 aliphatic carbocycles. The van der Waals surface area contributed by atoms with Crippen molar-refractivity contribution in [2.24, 2.45) is 23.7 Å². The third-order valence-corrected chi connectivity index (χ3v) is 13.7. The van der Waals surface area contributed by atoms with Gasteiger partial charge in [-0.25, -0.2) is 9.59 Å². The lowest BCUT2D eigenvalue weighted by Crippen LogP contribution is -2.52. The van der Waals surface area contributed by atoms with Crippen LogP contribution in [0, 0.1) is 23.7 Å². The summed E-state index contributed by atoms with van der Waals surface area (Å²) in [5.74, 6) is -5.99. The van der Waals surface area contributed by atoms with Gasteiger partial charge >= 0.3 is 12.1 Å². The van der Waals surface area contributed by atoms with Crippen LogP contribution in [0.5, 0.6) is 0 Å². The number of methoxy groups -OCH3 is 1. The van der Waals surface area contributed by atoms with Crippen molar-refractivity contribution >= 4 is 41.4 Å². The molecule has 0 heterocycles. The van der Waals surface area contributed by atoms with E-state index in [0.29, 0.717) is 12.8 Å². The van der Waals surface area contributed by atoms with Gasteiger partial charge < -0.3 is 35.1 Å². The van der Waals surface area contributed by atoms with E-state index in [2.05, 4.69) is 16.0 Å². The lowest BCUT2D eigenvalue weighted by Gasteiger charge is -2.37. The molecule has 0 fully saturated rings. The summed E-state index contributed by atoms with van der Waals surface area (Å²) in [5.41, 5.74) is 0.462. The van der Waals surface area contributed by atoms with Crippen LogP contribution >= 0.6 is 0 Å². The van der Waals surface area contributed by atoms with E-state index in [1.165, 1.54) is 19.1 Å². The molecule has 0 spiro atoms. The fourth-order valence-corrected chi connectivity index (χ4v) is 8.92. The first-order valence-corrected chi connectivity index (χ1v) is 26.3. The molecule has 4 amide bonds. The minimum Gasteiger partial charge on any atom is -0.467 e. The molecule has 14 heteroatoms. The molecule has 14 nitrogen and oxygen atoms in total. The largest absolute Gasteiger partial charge is 0.467 e. The van der Waals surface area contributed by atoms with Gasteiger partial charge in [-0.3, -0.25) is 24.0 Å². The van der Waals surface area contributed by atoms with Crippen molar-refractivity contribution < 1.29 is 47.8 Å². The lowest BCUT2D eigenvalue weighted by molar-refractivity contribution is -0.147. The van der Waals surface area contributed by atoms with E-state index in [9.17, 15) is 33.6 Å². The quantitative estimate of drug-likeness (QED) is 0.0384. The SMILES string of the molecule is CC[C@H](C)[C@H](CC(=O)[C@@H](Cc1ccccc1)N(C)C(=O)OC(C)(C)C)C(=O)N[C@@H](COC(C)(C)C)C(=O)C[C@H](CCC(=O)NC(c1ccccc1)(c1ccccc1)c1ccccc1)C(=O)N[C@@H](C(=O)OC)[C@@H](C)CC. The van der Waals surface area contributed by atoms with Crippen LogP contribution in [-0.2, 0) is 54.9 Å². The van der Waals surface area contributed by atoms with Crippen LogP contribution in [-0.4, -0.2) is 96.3 Å². The van der Waals surface area contributed by atoms with Crippen molar-refractivity contribution in [2.45, 2.75) is 149 Å². The summed E-state index contributed by atoms with van der Waals surface area (Å²) in [5, 5.41) is 9.09. The third kappa shape index (κ3) is 18.0. The fourth-order valence-electron chi connectivity index (χ4n) is 8.92. The van der Waals surface area contributed by atoms with Gasteiger partial charge in [-0.15, -0.1) is 0 Å². The zero-order chi connectivity index (χ0) is 55.5. The molecular formula is C61H82N4O10. The summed E-state index contributed by atoms with van der Waals surface area (Å²) in [6.07, 6.45) is -0.510. The van der Waals surface area contributed by atoms with Crippen molar-refractivity contribution in [2.75, 3.05) is 20.8 Å². The molecule has 0 bridgehead atoms.